The van der Waals surface area contributed by atoms with Crippen molar-refractivity contribution in [3.8, 4) is 0 Å². The lowest BCUT2D eigenvalue weighted by molar-refractivity contribution is -0.155. The van der Waals surface area contributed by atoms with Crippen LogP contribution in [0.4, 0.5) is 0 Å². The Kier molecular flexibility index (Phi) is 6.21. The van der Waals surface area contributed by atoms with E-state index < -0.39 is 0 Å². The second-order valence-electron chi connectivity index (χ2n) is 5.80. The maximum absolute atomic E-state index is 5.69. The smallest absolute Gasteiger partial charge is 0.157 e. The molecule has 1 aliphatic rings. The van der Waals surface area contributed by atoms with Crippen LogP contribution in [-0.2, 0) is 20.8 Å². The van der Waals surface area contributed by atoms with Gasteiger partial charge in [-0.15, -0.1) is 0 Å². The third-order valence-electron chi connectivity index (χ3n) is 3.98. The van der Waals surface area contributed by atoms with E-state index in [0.717, 1.165) is 19.4 Å². The fourth-order valence-electron chi connectivity index (χ4n) is 2.71. The summed E-state index contributed by atoms with van der Waals surface area (Å²) >= 11 is 0. The normalized spacial score (nSPS) is 18.7. The van der Waals surface area contributed by atoms with E-state index >= 15 is 0 Å². The van der Waals surface area contributed by atoms with Crippen LogP contribution in [0.3, 0.4) is 0 Å². The summed E-state index contributed by atoms with van der Waals surface area (Å²) in [5.74, 6) is 0. The van der Waals surface area contributed by atoms with Crippen LogP contribution in [0, 0.1) is 0 Å². The summed E-state index contributed by atoms with van der Waals surface area (Å²) in [5, 5.41) is 2.52. The molecule has 0 bridgehead atoms. The van der Waals surface area contributed by atoms with E-state index in [-0.39, 0.29) is 6.29 Å². The van der Waals surface area contributed by atoms with Crippen molar-refractivity contribution in [2.24, 2.45) is 0 Å². The Morgan fingerprint density at radius 2 is 1.87 bits per heavy atom. The van der Waals surface area contributed by atoms with Gasteiger partial charge in [0.25, 0.3) is 0 Å². The highest BCUT2D eigenvalue weighted by Crippen LogP contribution is 2.16. The van der Waals surface area contributed by atoms with Crippen molar-refractivity contribution in [1.29, 1.82) is 0 Å². The third-order valence-corrected chi connectivity index (χ3v) is 3.98. The zero-order valence-corrected chi connectivity index (χ0v) is 13.4. The van der Waals surface area contributed by atoms with Gasteiger partial charge in [-0.05, 0) is 41.7 Å². The van der Waals surface area contributed by atoms with Crippen molar-refractivity contribution in [3.63, 3.8) is 0 Å². The lowest BCUT2D eigenvalue weighted by Crippen LogP contribution is -2.22. The van der Waals surface area contributed by atoms with Gasteiger partial charge in [0.15, 0.2) is 6.29 Å². The first kappa shape index (κ1) is 16.2. The van der Waals surface area contributed by atoms with E-state index in [1.165, 1.54) is 22.8 Å². The average Bonchev–Trinajstić information content (AvgIpc) is 2.61. The molecule has 0 saturated carbocycles. The molecular formula is C20H24O3. The van der Waals surface area contributed by atoms with Crippen LogP contribution in [-0.4, -0.2) is 26.1 Å². The van der Waals surface area contributed by atoms with Crippen molar-refractivity contribution >= 4 is 10.8 Å². The van der Waals surface area contributed by atoms with Gasteiger partial charge in [0.2, 0.25) is 0 Å². The van der Waals surface area contributed by atoms with Crippen LogP contribution in [0.5, 0.6) is 0 Å². The van der Waals surface area contributed by atoms with Crippen LogP contribution in [0.1, 0.15) is 24.8 Å². The first-order valence-electron chi connectivity index (χ1n) is 8.35. The van der Waals surface area contributed by atoms with Crippen molar-refractivity contribution < 1.29 is 14.2 Å². The molecule has 122 valence electrons. The lowest BCUT2D eigenvalue weighted by atomic mass is 10.1. The van der Waals surface area contributed by atoms with Gasteiger partial charge in [-0.3, -0.25) is 0 Å². The average molecular weight is 312 g/mol. The molecule has 1 saturated heterocycles. The summed E-state index contributed by atoms with van der Waals surface area (Å²) < 4.78 is 16.8. The molecule has 0 radical (unpaired) electrons. The van der Waals surface area contributed by atoms with Gasteiger partial charge in [-0.25, -0.2) is 0 Å². The maximum Gasteiger partial charge on any atom is 0.157 e. The summed E-state index contributed by atoms with van der Waals surface area (Å²) in [7, 11) is 0. The predicted octanol–water partition coefficient (Wildman–Crippen LogP) is 4.46. The van der Waals surface area contributed by atoms with E-state index in [1.807, 2.05) is 12.2 Å². The SMILES string of the molecule is C(=C\COC1CCCCO1)/COCc1ccc2ccccc2c1. The van der Waals surface area contributed by atoms with Crippen molar-refractivity contribution in [3.05, 3.63) is 60.2 Å². The molecule has 0 aromatic heterocycles. The molecule has 3 nitrogen and oxygen atoms in total. The standard InChI is InChI=1S/C20H24O3/c1-2-8-19-15-17(10-11-18(19)7-1)16-21-12-5-6-14-23-20-9-3-4-13-22-20/h1-2,5-8,10-11,15,20H,3-4,9,12-14,16H2/b6-5+. The van der Waals surface area contributed by atoms with Gasteiger partial charge in [0.05, 0.1) is 19.8 Å². The van der Waals surface area contributed by atoms with Gasteiger partial charge >= 0.3 is 0 Å². The Bertz CT molecular complexity index is 630. The molecule has 23 heavy (non-hydrogen) atoms. The zero-order chi connectivity index (χ0) is 15.7. The Hall–Kier alpha value is -1.68. The summed E-state index contributed by atoms with van der Waals surface area (Å²) in [6.45, 7) is 2.64. The van der Waals surface area contributed by atoms with E-state index in [2.05, 4.69) is 42.5 Å². The minimum atomic E-state index is -0.0214. The van der Waals surface area contributed by atoms with Crippen LogP contribution in [0.25, 0.3) is 10.8 Å². The zero-order valence-electron chi connectivity index (χ0n) is 13.4. The van der Waals surface area contributed by atoms with Crippen LogP contribution >= 0.6 is 0 Å². The molecule has 0 N–H and O–H groups in total. The summed E-state index contributed by atoms with van der Waals surface area (Å²) in [4.78, 5) is 0. The van der Waals surface area contributed by atoms with Crippen LogP contribution in [0.15, 0.2) is 54.6 Å². The summed E-state index contributed by atoms with van der Waals surface area (Å²) in [5.41, 5.74) is 1.20. The van der Waals surface area contributed by atoms with E-state index in [0.29, 0.717) is 19.8 Å². The van der Waals surface area contributed by atoms with Crippen LogP contribution < -0.4 is 0 Å². The molecule has 0 spiro atoms. The number of fused-ring (bicyclic) bond motifs is 1. The number of hydrogen-bond acceptors (Lipinski definition) is 3. The fraction of sp³-hybridized carbons (Fsp3) is 0.400. The van der Waals surface area contributed by atoms with E-state index in [1.54, 1.807) is 0 Å². The largest absolute Gasteiger partial charge is 0.373 e. The third kappa shape index (κ3) is 5.17. The molecule has 3 rings (SSSR count). The number of hydrogen-bond donors (Lipinski definition) is 0. The first-order chi connectivity index (χ1) is 11.4. The molecule has 1 fully saturated rings. The maximum atomic E-state index is 5.69. The molecule has 2 aromatic rings. The Morgan fingerprint density at radius 3 is 2.74 bits per heavy atom. The monoisotopic (exact) mass is 312 g/mol. The van der Waals surface area contributed by atoms with Crippen molar-refractivity contribution in [1.82, 2.24) is 0 Å². The predicted molar refractivity (Wildman–Crippen MR) is 92.3 cm³/mol. The highest BCUT2D eigenvalue weighted by atomic mass is 16.7. The molecule has 0 amide bonds. The van der Waals surface area contributed by atoms with Crippen LogP contribution in [0.2, 0.25) is 0 Å². The summed E-state index contributed by atoms with van der Waals surface area (Å²) in [6, 6.07) is 14.8. The van der Waals surface area contributed by atoms with Crippen molar-refractivity contribution in [2.45, 2.75) is 32.2 Å². The quantitative estimate of drug-likeness (QED) is 0.558. The minimum absolute atomic E-state index is 0.0214. The molecular weight excluding hydrogens is 288 g/mol. The number of rotatable bonds is 7. The number of benzene rings is 2. The summed E-state index contributed by atoms with van der Waals surface area (Å²) in [6.07, 6.45) is 7.34. The molecule has 1 unspecified atom stereocenters. The molecule has 2 aromatic carbocycles. The molecule has 1 aliphatic heterocycles. The van der Waals surface area contributed by atoms with Gasteiger partial charge in [0, 0.05) is 6.61 Å². The van der Waals surface area contributed by atoms with Gasteiger partial charge in [0.1, 0.15) is 0 Å². The Balaban J connectivity index is 1.34. The topological polar surface area (TPSA) is 27.7 Å². The lowest BCUT2D eigenvalue weighted by Gasteiger charge is -2.21. The van der Waals surface area contributed by atoms with E-state index in [9.17, 15) is 0 Å². The fourth-order valence-corrected chi connectivity index (χ4v) is 2.71. The minimum Gasteiger partial charge on any atom is -0.373 e. The van der Waals surface area contributed by atoms with Gasteiger partial charge in [-0.1, -0.05) is 48.6 Å². The Morgan fingerprint density at radius 1 is 1.00 bits per heavy atom. The molecule has 0 aliphatic carbocycles. The van der Waals surface area contributed by atoms with E-state index in [4.69, 9.17) is 14.2 Å². The molecule has 1 heterocycles. The van der Waals surface area contributed by atoms with Crippen molar-refractivity contribution in [2.75, 3.05) is 19.8 Å². The highest BCUT2D eigenvalue weighted by molar-refractivity contribution is 5.82. The number of ether oxygens (including phenoxy) is 3. The van der Waals surface area contributed by atoms with Gasteiger partial charge in [-0.2, -0.15) is 0 Å². The second kappa shape index (κ2) is 8.82. The van der Waals surface area contributed by atoms with Gasteiger partial charge < -0.3 is 14.2 Å². The molecule has 1 atom stereocenters. The first-order valence-corrected chi connectivity index (χ1v) is 8.35. The highest BCUT2D eigenvalue weighted by Gasteiger charge is 2.12. The second-order valence-corrected chi connectivity index (χ2v) is 5.80. The Labute approximate surface area is 137 Å². The molecule has 3 heteroatoms.